The first-order valence-electron chi connectivity index (χ1n) is 7.82. The molecule has 0 unspecified atom stereocenters. The number of amides is 1. The second-order valence-corrected chi connectivity index (χ2v) is 6.35. The molecular formula is C17H24N2O2. The number of nitrogens with zero attached hydrogens (tertiary/aromatic N) is 1. The normalized spacial score (nSPS) is 19.7. The van der Waals surface area contributed by atoms with Crippen molar-refractivity contribution in [2.75, 3.05) is 13.7 Å². The van der Waals surface area contributed by atoms with Crippen LogP contribution in [0.5, 0.6) is 5.75 Å². The number of methoxy groups -OCH3 is 1. The largest absolute Gasteiger partial charge is 0.497 e. The topological polar surface area (TPSA) is 55.6 Å². The van der Waals surface area contributed by atoms with Crippen LogP contribution in [0.2, 0.25) is 0 Å². The van der Waals surface area contributed by atoms with Crippen LogP contribution in [0.3, 0.4) is 0 Å². The summed E-state index contributed by atoms with van der Waals surface area (Å²) in [6.07, 6.45) is 5.29. The summed E-state index contributed by atoms with van der Waals surface area (Å²) in [5.74, 6) is 1.12. The molecular weight excluding hydrogens is 264 g/mol. The van der Waals surface area contributed by atoms with Crippen molar-refractivity contribution in [3.05, 3.63) is 29.8 Å². The molecule has 1 aromatic carbocycles. The maximum atomic E-state index is 12.9. The Morgan fingerprint density at radius 3 is 2.43 bits per heavy atom. The molecule has 2 fully saturated rings. The fraction of sp³-hybridized carbons (Fsp3) is 0.588. The van der Waals surface area contributed by atoms with E-state index in [1.54, 1.807) is 7.11 Å². The van der Waals surface area contributed by atoms with Gasteiger partial charge in [0.05, 0.1) is 12.5 Å². The first-order valence-corrected chi connectivity index (χ1v) is 7.82. The van der Waals surface area contributed by atoms with Crippen molar-refractivity contribution in [3.63, 3.8) is 0 Å². The Hall–Kier alpha value is -1.55. The molecule has 0 aromatic heterocycles. The Bertz CT molecular complexity index is 499. The summed E-state index contributed by atoms with van der Waals surface area (Å²) in [6, 6.07) is 8.40. The van der Waals surface area contributed by atoms with Crippen LogP contribution in [0, 0.1) is 5.41 Å². The van der Waals surface area contributed by atoms with Gasteiger partial charge in [-0.15, -0.1) is 0 Å². The molecule has 21 heavy (non-hydrogen) atoms. The molecule has 0 heterocycles. The standard InChI is InChI=1S/C17H24N2O2/c1-21-15-7-3-13(4-8-15)11-19(14-5-6-14)16(20)17(12-18)9-2-10-17/h3-4,7-8,14H,2,5-6,9-12,18H2,1H3. The molecule has 1 aromatic rings. The lowest BCUT2D eigenvalue weighted by Crippen LogP contribution is -2.52. The Kier molecular flexibility index (Phi) is 3.89. The van der Waals surface area contributed by atoms with Gasteiger partial charge in [-0.05, 0) is 43.4 Å². The van der Waals surface area contributed by atoms with Crippen molar-refractivity contribution < 1.29 is 9.53 Å². The zero-order chi connectivity index (χ0) is 14.9. The zero-order valence-corrected chi connectivity index (χ0v) is 12.7. The second kappa shape index (κ2) is 5.68. The Labute approximate surface area is 126 Å². The first-order chi connectivity index (χ1) is 10.2. The lowest BCUT2D eigenvalue weighted by atomic mass is 9.67. The van der Waals surface area contributed by atoms with Crippen molar-refractivity contribution in [1.82, 2.24) is 4.90 Å². The first kappa shape index (κ1) is 14.4. The highest BCUT2D eigenvalue weighted by Crippen LogP contribution is 2.44. The van der Waals surface area contributed by atoms with E-state index in [0.29, 0.717) is 19.1 Å². The number of rotatable bonds is 6. The number of nitrogens with two attached hydrogens (primary N) is 1. The molecule has 2 N–H and O–H groups in total. The van der Waals surface area contributed by atoms with Crippen LogP contribution >= 0.6 is 0 Å². The van der Waals surface area contributed by atoms with E-state index in [2.05, 4.69) is 4.90 Å². The molecule has 2 aliphatic carbocycles. The van der Waals surface area contributed by atoms with Crippen LogP contribution < -0.4 is 10.5 Å². The number of benzene rings is 1. The molecule has 0 radical (unpaired) electrons. The highest BCUT2D eigenvalue weighted by molar-refractivity contribution is 5.84. The quantitative estimate of drug-likeness (QED) is 0.874. The van der Waals surface area contributed by atoms with Gasteiger partial charge in [0.1, 0.15) is 5.75 Å². The van der Waals surface area contributed by atoms with Crippen molar-refractivity contribution in [2.45, 2.75) is 44.7 Å². The van der Waals surface area contributed by atoms with E-state index in [1.165, 1.54) is 0 Å². The Morgan fingerprint density at radius 2 is 2.00 bits per heavy atom. The van der Waals surface area contributed by atoms with Crippen LogP contribution in [0.1, 0.15) is 37.7 Å². The van der Waals surface area contributed by atoms with E-state index in [4.69, 9.17) is 10.5 Å². The SMILES string of the molecule is COc1ccc(CN(C(=O)C2(CN)CCC2)C2CC2)cc1. The van der Waals surface area contributed by atoms with Gasteiger partial charge >= 0.3 is 0 Å². The lowest BCUT2D eigenvalue weighted by molar-refractivity contribution is -0.148. The fourth-order valence-electron chi connectivity index (χ4n) is 3.09. The molecule has 0 atom stereocenters. The molecule has 0 spiro atoms. The number of ether oxygens (including phenoxy) is 1. The molecule has 4 heteroatoms. The van der Waals surface area contributed by atoms with Gasteiger partial charge in [-0.25, -0.2) is 0 Å². The average molecular weight is 288 g/mol. The summed E-state index contributed by atoms with van der Waals surface area (Å²) in [5, 5.41) is 0. The summed E-state index contributed by atoms with van der Waals surface area (Å²) in [5.41, 5.74) is 6.78. The molecule has 3 rings (SSSR count). The Balaban J connectivity index is 1.73. The Morgan fingerprint density at radius 1 is 1.33 bits per heavy atom. The van der Waals surface area contributed by atoms with Gasteiger partial charge in [0.2, 0.25) is 5.91 Å². The highest BCUT2D eigenvalue weighted by atomic mass is 16.5. The van der Waals surface area contributed by atoms with E-state index in [0.717, 1.165) is 43.4 Å². The maximum Gasteiger partial charge on any atom is 0.230 e. The minimum atomic E-state index is -0.269. The molecule has 2 aliphatic rings. The van der Waals surface area contributed by atoms with Crippen molar-refractivity contribution >= 4 is 5.91 Å². The minimum absolute atomic E-state index is 0.269. The molecule has 0 bridgehead atoms. The van der Waals surface area contributed by atoms with Crippen molar-refractivity contribution in [1.29, 1.82) is 0 Å². The summed E-state index contributed by atoms with van der Waals surface area (Å²) >= 11 is 0. The predicted octanol–water partition coefficient (Wildman–Crippen LogP) is 2.32. The molecule has 0 saturated heterocycles. The third kappa shape index (κ3) is 2.77. The number of carbonyl (C=O) groups excluding carboxylic acids is 1. The van der Waals surface area contributed by atoms with Crippen molar-refractivity contribution in [3.8, 4) is 5.75 Å². The number of hydrogen-bond donors (Lipinski definition) is 1. The van der Waals surface area contributed by atoms with Gasteiger partial charge in [-0.2, -0.15) is 0 Å². The monoisotopic (exact) mass is 288 g/mol. The number of carbonyl (C=O) groups is 1. The third-order valence-corrected chi connectivity index (χ3v) is 4.92. The van der Waals surface area contributed by atoms with Crippen LogP contribution in [-0.2, 0) is 11.3 Å². The molecule has 4 nitrogen and oxygen atoms in total. The molecule has 114 valence electrons. The highest BCUT2D eigenvalue weighted by Gasteiger charge is 2.47. The lowest BCUT2D eigenvalue weighted by Gasteiger charge is -2.43. The fourth-order valence-corrected chi connectivity index (χ4v) is 3.09. The smallest absolute Gasteiger partial charge is 0.230 e. The van der Waals surface area contributed by atoms with E-state index in [9.17, 15) is 4.79 Å². The van der Waals surface area contributed by atoms with E-state index in [-0.39, 0.29) is 11.3 Å². The van der Waals surface area contributed by atoms with Crippen LogP contribution in [-0.4, -0.2) is 30.5 Å². The van der Waals surface area contributed by atoms with E-state index >= 15 is 0 Å². The summed E-state index contributed by atoms with van der Waals surface area (Å²) < 4.78 is 5.18. The van der Waals surface area contributed by atoms with E-state index in [1.807, 2.05) is 24.3 Å². The number of hydrogen-bond acceptors (Lipinski definition) is 3. The van der Waals surface area contributed by atoms with Crippen molar-refractivity contribution in [2.24, 2.45) is 11.1 Å². The summed E-state index contributed by atoms with van der Waals surface area (Å²) in [7, 11) is 1.66. The predicted molar refractivity (Wildman–Crippen MR) is 81.9 cm³/mol. The van der Waals surface area contributed by atoms with Gasteiger partial charge in [0.15, 0.2) is 0 Å². The average Bonchev–Trinajstić information content (AvgIpc) is 3.29. The van der Waals surface area contributed by atoms with Gasteiger partial charge in [0.25, 0.3) is 0 Å². The van der Waals surface area contributed by atoms with Gasteiger partial charge in [-0.1, -0.05) is 18.6 Å². The maximum absolute atomic E-state index is 12.9. The van der Waals surface area contributed by atoms with E-state index < -0.39 is 0 Å². The third-order valence-electron chi connectivity index (χ3n) is 4.92. The van der Waals surface area contributed by atoms with Gasteiger partial charge < -0.3 is 15.4 Å². The zero-order valence-electron chi connectivity index (χ0n) is 12.7. The van der Waals surface area contributed by atoms with Gasteiger partial charge in [0, 0.05) is 19.1 Å². The summed E-state index contributed by atoms with van der Waals surface area (Å²) in [6.45, 7) is 1.17. The summed E-state index contributed by atoms with van der Waals surface area (Å²) in [4.78, 5) is 15.0. The molecule has 2 saturated carbocycles. The molecule has 1 amide bonds. The molecule has 0 aliphatic heterocycles. The van der Waals surface area contributed by atoms with Crippen LogP contribution in [0.4, 0.5) is 0 Å². The van der Waals surface area contributed by atoms with Gasteiger partial charge in [-0.3, -0.25) is 4.79 Å². The van der Waals surface area contributed by atoms with Crippen LogP contribution in [0.25, 0.3) is 0 Å². The minimum Gasteiger partial charge on any atom is -0.497 e. The van der Waals surface area contributed by atoms with Crippen LogP contribution in [0.15, 0.2) is 24.3 Å². The second-order valence-electron chi connectivity index (χ2n) is 6.35.